The average Bonchev–Trinajstić information content (AvgIpc) is 2.81. The third-order valence-electron chi connectivity index (χ3n) is 5.53. The number of hydrogen-bond acceptors (Lipinski definition) is 7. The highest BCUT2D eigenvalue weighted by Gasteiger charge is 2.27. The summed E-state index contributed by atoms with van der Waals surface area (Å²) in [6.07, 6.45) is 4.32. The number of aliphatic hydroxyl groups is 1. The molecule has 0 radical (unpaired) electrons. The van der Waals surface area contributed by atoms with E-state index in [0.717, 1.165) is 5.56 Å². The molecule has 0 saturated carbocycles. The fraction of sp³-hybridized carbons (Fsp3) is 0.556. The summed E-state index contributed by atoms with van der Waals surface area (Å²) < 4.78 is 10.6. The zero-order chi connectivity index (χ0) is 26.6. The van der Waals surface area contributed by atoms with Crippen LogP contribution in [-0.2, 0) is 35.1 Å². The largest absolute Gasteiger partial charge is 0.464 e. The van der Waals surface area contributed by atoms with Gasteiger partial charge in [0.05, 0.1) is 37.5 Å². The van der Waals surface area contributed by atoms with E-state index in [9.17, 15) is 24.3 Å². The highest BCUT2D eigenvalue weighted by molar-refractivity contribution is 5.86. The maximum atomic E-state index is 12.7. The Morgan fingerprint density at radius 2 is 1.78 bits per heavy atom. The van der Waals surface area contributed by atoms with E-state index < -0.39 is 35.4 Å². The summed E-state index contributed by atoms with van der Waals surface area (Å²) in [6.45, 7) is 5.11. The molecular formula is C27H38N2O7. The van der Waals surface area contributed by atoms with E-state index in [-0.39, 0.29) is 57.3 Å². The Kier molecular flexibility index (Phi) is 11.6. The van der Waals surface area contributed by atoms with Gasteiger partial charge in [-0.3, -0.25) is 19.2 Å². The maximum Gasteiger partial charge on any atom is 0.309 e. The first-order chi connectivity index (χ1) is 17.1. The Morgan fingerprint density at radius 1 is 1.11 bits per heavy atom. The van der Waals surface area contributed by atoms with E-state index in [2.05, 4.69) is 10.6 Å². The molecule has 1 aromatic rings. The number of carbonyl (C=O) groups is 4. The number of rotatable bonds is 8. The number of cyclic esters (lactones) is 1. The van der Waals surface area contributed by atoms with Crippen LogP contribution < -0.4 is 10.6 Å². The number of nitrogens with one attached hydrogen (secondary N) is 2. The fourth-order valence-electron chi connectivity index (χ4n) is 3.81. The molecule has 0 fully saturated rings. The van der Waals surface area contributed by atoms with Crippen molar-refractivity contribution < 1.29 is 33.8 Å². The van der Waals surface area contributed by atoms with Gasteiger partial charge in [-0.05, 0) is 45.6 Å². The lowest BCUT2D eigenvalue weighted by molar-refractivity contribution is -0.161. The second-order valence-corrected chi connectivity index (χ2v) is 9.93. The Hall–Kier alpha value is -3.20. The van der Waals surface area contributed by atoms with Gasteiger partial charge in [0, 0.05) is 6.42 Å². The fourth-order valence-corrected chi connectivity index (χ4v) is 3.81. The highest BCUT2D eigenvalue weighted by atomic mass is 16.6. The second kappa shape index (κ2) is 14.4. The van der Waals surface area contributed by atoms with Crippen molar-refractivity contribution in [2.45, 2.75) is 64.5 Å². The molecule has 1 aromatic carbocycles. The van der Waals surface area contributed by atoms with E-state index >= 15 is 0 Å². The zero-order valence-corrected chi connectivity index (χ0v) is 21.3. The van der Waals surface area contributed by atoms with Crippen LogP contribution in [0.15, 0.2) is 42.5 Å². The number of allylic oxidation sites excluding steroid dienone is 2. The normalized spacial score (nSPS) is 21.1. The molecule has 3 atom stereocenters. The van der Waals surface area contributed by atoms with Crippen LogP contribution in [0, 0.1) is 11.8 Å². The van der Waals surface area contributed by atoms with Gasteiger partial charge in [-0.15, -0.1) is 0 Å². The predicted molar refractivity (Wildman–Crippen MR) is 134 cm³/mol. The third-order valence-corrected chi connectivity index (χ3v) is 5.53. The Bertz CT molecular complexity index is 908. The molecule has 0 aliphatic carbocycles. The quantitative estimate of drug-likeness (QED) is 0.366. The van der Waals surface area contributed by atoms with Crippen LogP contribution >= 0.6 is 0 Å². The first-order valence-electron chi connectivity index (χ1n) is 12.3. The van der Waals surface area contributed by atoms with Crippen LogP contribution in [0.4, 0.5) is 0 Å². The topological polar surface area (TPSA) is 131 Å². The lowest BCUT2D eigenvalue weighted by atomic mass is 9.96. The summed E-state index contributed by atoms with van der Waals surface area (Å²) in [7, 11) is 0. The number of aliphatic hydroxyl groups excluding tert-OH is 1. The van der Waals surface area contributed by atoms with Gasteiger partial charge in [0.2, 0.25) is 11.8 Å². The van der Waals surface area contributed by atoms with Crippen LogP contribution in [0.1, 0.15) is 52.0 Å². The SMILES string of the molecule is CC(C)(C)OC(=O)C[C@@H]1C/C=C\C[C@@H](CC(=O)N[C@H](CO)Cc2ccccc2)C(=O)NCCOC1=O. The minimum absolute atomic E-state index is 0.0400. The molecular weight excluding hydrogens is 464 g/mol. The Labute approximate surface area is 212 Å². The minimum atomic E-state index is -0.698. The van der Waals surface area contributed by atoms with Gasteiger partial charge in [0.1, 0.15) is 12.2 Å². The van der Waals surface area contributed by atoms with Crippen molar-refractivity contribution in [3.63, 3.8) is 0 Å². The van der Waals surface area contributed by atoms with E-state index in [1.807, 2.05) is 30.3 Å². The van der Waals surface area contributed by atoms with Crippen molar-refractivity contribution in [3.8, 4) is 0 Å². The summed E-state index contributed by atoms with van der Waals surface area (Å²) in [5, 5.41) is 15.2. The summed E-state index contributed by atoms with van der Waals surface area (Å²) in [5.74, 6) is -2.99. The van der Waals surface area contributed by atoms with E-state index in [1.54, 1.807) is 32.9 Å². The number of benzene rings is 1. The summed E-state index contributed by atoms with van der Waals surface area (Å²) in [5.41, 5.74) is 0.329. The van der Waals surface area contributed by atoms with Gasteiger partial charge in [-0.2, -0.15) is 0 Å². The van der Waals surface area contributed by atoms with Crippen LogP contribution in [-0.4, -0.2) is 60.3 Å². The van der Waals surface area contributed by atoms with Crippen LogP contribution in [0.3, 0.4) is 0 Å². The molecule has 1 aliphatic rings. The molecule has 2 amide bonds. The first-order valence-corrected chi connectivity index (χ1v) is 12.3. The van der Waals surface area contributed by atoms with Crippen molar-refractivity contribution in [2.24, 2.45) is 11.8 Å². The van der Waals surface area contributed by atoms with Crippen molar-refractivity contribution in [1.29, 1.82) is 0 Å². The summed E-state index contributed by atoms with van der Waals surface area (Å²) >= 11 is 0. The maximum absolute atomic E-state index is 12.7. The molecule has 0 aromatic heterocycles. The standard InChI is InChI=1S/C27H38N2O7/c1-27(2,3)36-24(32)17-21-12-8-7-11-20(25(33)28-13-14-35-26(21)34)16-23(31)29-22(18-30)15-19-9-5-4-6-10-19/h4-10,20-22,30H,11-18H2,1-3H3,(H,28,33)(H,29,31)/b8-7-/t20-,21-,22-/m0/s1. The monoisotopic (exact) mass is 502 g/mol. The lowest BCUT2D eigenvalue weighted by Crippen LogP contribution is -2.42. The average molecular weight is 503 g/mol. The van der Waals surface area contributed by atoms with Crippen molar-refractivity contribution in [3.05, 3.63) is 48.0 Å². The van der Waals surface area contributed by atoms with Crippen molar-refractivity contribution in [2.75, 3.05) is 19.8 Å². The molecule has 0 unspecified atom stereocenters. The first kappa shape index (κ1) is 29.0. The molecule has 0 spiro atoms. The number of amides is 2. The molecule has 36 heavy (non-hydrogen) atoms. The molecule has 198 valence electrons. The van der Waals surface area contributed by atoms with Gasteiger partial charge < -0.3 is 25.2 Å². The van der Waals surface area contributed by atoms with E-state index in [0.29, 0.717) is 6.42 Å². The molecule has 2 rings (SSSR count). The van der Waals surface area contributed by atoms with Gasteiger partial charge >= 0.3 is 11.9 Å². The van der Waals surface area contributed by atoms with E-state index in [4.69, 9.17) is 9.47 Å². The molecule has 9 nitrogen and oxygen atoms in total. The van der Waals surface area contributed by atoms with Crippen molar-refractivity contribution in [1.82, 2.24) is 10.6 Å². The predicted octanol–water partition coefficient (Wildman–Crippen LogP) is 2.07. The third kappa shape index (κ3) is 11.0. The van der Waals surface area contributed by atoms with Crippen LogP contribution in [0.2, 0.25) is 0 Å². The Balaban J connectivity index is 1.98. The summed E-state index contributed by atoms with van der Waals surface area (Å²) in [6, 6.07) is 9.06. The highest BCUT2D eigenvalue weighted by Crippen LogP contribution is 2.18. The van der Waals surface area contributed by atoms with Crippen LogP contribution in [0.25, 0.3) is 0 Å². The molecule has 1 heterocycles. The molecule has 0 saturated heterocycles. The number of hydrogen-bond donors (Lipinski definition) is 3. The number of carbonyl (C=O) groups excluding carboxylic acids is 4. The second-order valence-electron chi connectivity index (χ2n) is 9.93. The lowest BCUT2D eigenvalue weighted by Gasteiger charge is -2.22. The van der Waals surface area contributed by atoms with Gasteiger partial charge in [0.25, 0.3) is 0 Å². The molecule has 1 aliphatic heterocycles. The molecule has 0 bridgehead atoms. The molecule has 9 heteroatoms. The Morgan fingerprint density at radius 3 is 2.42 bits per heavy atom. The van der Waals surface area contributed by atoms with Gasteiger partial charge in [-0.25, -0.2) is 0 Å². The smallest absolute Gasteiger partial charge is 0.309 e. The molecule has 3 N–H and O–H groups in total. The minimum Gasteiger partial charge on any atom is -0.464 e. The van der Waals surface area contributed by atoms with Gasteiger partial charge in [0.15, 0.2) is 0 Å². The number of ether oxygens (including phenoxy) is 2. The van der Waals surface area contributed by atoms with Gasteiger partial charge in [-0.1, -0.05) is 42.5 Å². The van der Waals surface area contributed by atoms with Crippen molar-refractivity contribution >= 4 is 23.8 Å². The van der Waals surface area contributed by atoms with Crippen LogP contribution in [0.5, 0.6) is 0 Å². The number of esters is 2. The van der Waals surface area contributed by atoms with E-state index in [1.165, 1.54) is 0 Å². The summed E-state index contributed by atoms with van der Waals surface area (Å²) in [4.78, 5) is 50.0. The zero-order valence-electron chi connectivity index (χ0n) is 21.3.